The van der Waals surface area contributed by atoms with Crippen molar-refractivity contribution >= 4 is 0 Å². The van der Waals surface area contributed by atoms with Crippen molar-refractivity contribution in [2.75, 3.05) is 6.67 Å². The van der Waals surface area contributed by atoms with Crippen LogP contribution in [-0.4, -0.2) is 6.67 Å². The minimum atomic E-state index is -0.0925. The Bertz CT molecular complexity index is 167. The molecule has 0 N–H and O–H groups in total. The van der Waals surface area contributed by atoms with Crippen molar-refractivity contribution in [3.8, 4) is 0 Å². The van der Waals surface area contributed by atoms with Crippen molar-refractivity contribution in [2.45, 2.75) is 110 Å². The van der Waals surface area contributed by atoms with Gasteiger partial charge in [-0.25, -0.2) is 0 Å². The van der Waals surface area contributed by atoms with Gasteiger partial charge in [0, 0.05) is 0 Å². The molecule has 0 aliphatic heterocycles. The Hall–Kier alpha value is -0.0700. The first kappa shape index (κ1) is 19.9. The topological polar surface area (TPSA) is 0 Å². The molecule has 1 unspecified atom stereocenters. The molecule has 0 fully saturated rings. The highest BCUT2D eigenvalue weighted by molar-refractivity contribution is 4.59. The summed E-state index contributed by atoms with van der Waals surface area (Å²) in [4.78, 5) is 0. The highest BCUT2D eigenvalue weighted by atomic mass is 19.1. The summed E-state index contributed by atoms with van der Waals surface area (Å²) in [6.45, 7) is 4.42. The lowest BCUT2D eigenvalue weighted by molar-refractivity contribution is 0.308. The van der Waals surface area contributed by atoms with E-state index in [1.165, 1.54) is 83.5 Å². The van der Waals surface area contributed by atoms with Crippen LogP contribution in [0.3, 0.4) is 0 Å². The largest absolute Gasteiger partial charge is 0.251 e. The Morgan fingerprint density at radius 2 is 0.900 bits per heavy atom. The average Bonchev–Trinajstić information content (AvgIpc) is 2.47. The van der Waals surface area contributed by atoms with Crippen molar-refractivity contribution < 1.29 is 4.39 Å². The molecule has 0 aromatic carbocycles. The maximum absolute atomic E-state index is 13.0. The van der Waals surface area contributed by atoms with Crippen molar-refractivity contribution in [2.24, 2.45) is 5.92 Å². The third-order valence-electron chi connectivity index (χ3n) is 4.40. The van der Waals surface area contributed by atoms with Crippen LogP contribution >= 0.6 is 0 Å². The van der Waals surface area contributed by atoms with Gasteiger partial charge in [-0.15, -0.1) is 0 Å². The average molecular weight is 287 g/mol. The maximum Gasteiger partial charge on any atom is 0.0922 e. The van der Waals surface area contributed by atoms with E-state index in [0.29, 0.717) is 5.92 Å². The van der Waals surface area contributed by atoms with Gasteiger partial charge < -0.3 is 0 Å². The van der Waals surface area contributed by atoms with Crippen molar-refractivity contribution in [3.05, 3.63) is 0 Å². The molecule has 122 valence electrons. The van der Waals surface area contributed by atoms with Crippen LogP contribution in [-0.2, 0) is 0 Å². The van der Waals surface area contributed by atoms with E-state index in [0.717, 1.165) is 12.8 Å². The molecule has 0 saturated heterocycles. The SMILES string of the molecule is CCCCCCCCCC(CF)CCCCCCCC. The minimum absolute atomic E-state index is 0.0925. The van der Waals surface area contributed by atoms with E-state index in [4.69, 9.17) is 0 Å². The lowest BCUT2D eigenvalue weighted by Gasteiger charge is -2.12. The molecule has 1 atom stereocenters. The van der Waals surface area contributed by atoms with Crippen LogP contribution in [0.2, 0.25) is 0 Å². The summed E-state index contributed by atoms with van der Waals surface area (Å²) < 4.78 is 13.0. The summed E-state index contributed by atoms with van der Waals surface area (Å²) in [7, 11) is 0. The van der Waals surface area contributed by atoms with E-state index < -0.39 is 0 Å². The Morgan fingerprint density at radius 1 is 0.550 bits per heavy atom. The van der Waals surface area contributed by atoms with Crippen molar-refractivity contribution in [1.82, 2.24) is 0 Å². The molecule has 0 radical (unpaired) electrons. The molecule has 0 aliphatic carbocycles. The molecular formula is C19H39F. The van der Waals surface area contributed by atoms with Gasteiger partial charge in [-0.05, 0) is 18.8 Å². The second-order valence-corrected chi connectivity index (χ2v) is 6.49. The first-order valence-electron chi connectivity index (χ1n) is 9.41. The molecule has 1 heteroatoms. The van der Waals surface area contributed by atoms with Gasteiger partial charge in [-0.2, -0.15) is 0 Å². The molecular weight excluding hydrogens is 247 g/mol. The quantitative estimate of drug-likeness (QED) is 0.258. The van der Waals surface area contributed by atoms with E-state index in [2.05, 4.69) is 13.8 Å². The number of halogens is 1. The molecule has 0 aromatic heterocycles. The van der Waals surface area contributed by atoms with E-state index in [9.17, 15) is 4.39 Å². The minimum Gasteiger partial charge on any atom is -0.251 e. The zero-order chi connectivity index (χ0) is 14.9. The Balaban J connectivity index is 3.29. The summed E-state index contributed by atoms with van der Waals surface area (Å²) in [5.41, 5.74) is 0. The molecule has 20 heavy (non-hydrogen) atoms. The van der Waals surface area contributed by atoms with Crippen molar-refractivity contribution in [3.63, 3.8) is 0 Å². The standard InChI is InChI=1S/C19H39F/c1-3-5-7-9-11-13-15-17-19(18-20)16-14-12-10-8-6-4-2/h19H,3-18H2,1-2H3. The molecule has 0 aliphatic rings. The monoisotopic (exact) mass is 286 g/mol. The van der Waals surface area contributed by atoms with Gasteiger partial charge in [0.25, 0.3) is 0 Å². The number of hydrogen-bond donors (Lipinski definition) is 0. The van der Waals surface area contributed by atoms with E-state index in [-0.39, 0.29) is 6.67 Å². The summed E-state index contributed by atoms with van der Waals surface area (Å²) >= 11 is 0. The maximum atomic E-state index is 13.0. The summed E-state index contributed by atoms with van der Waals surface area (Å²) in [5.74, 6) is 0.358. The molecule has 0 heterocycles. The number of hydrogen-bond acceptors (Lipinski definition) is 0. The van der Waals surface area contributed by atoms with Gasteiger partial charge in [-0.1, -0.05) is 97.3 Å². The van der Waals surface area contributed by atoms with Crippen molar-refractivity contribution in [1.29, 1.82) is 0 Å². The third kappa shape index (κ3) is 14.3. The highest BCUT2D eigenvalue weighted by Gasteiger charge is 2.07. The molecule has 0 bridgehead atoms. The van der Waals surface area contributed by atoms with Crippen LogP contribution in [0.5, 0.6) is 0 Å². The molecule has 0 spiro atoms. The number of unbranched alkanes of at least 4 members (excludes halogenated alkanes) is 11. The smallest absolute Gasteiger partial charge is 0.0922 e. The summed E-state index contributed by atoms with van der Waals surface area (Å²) in [6.07, 6.45) is 19.6. The lowest BCUT2D eigenvalue weighted by atomic mass is 9.95. The highest BCUT2D eigenvalue weighted by Crippen LogP contribution is 2.19. The first-order chi connectivity index (χ1) is 9.85. The van der Waals surface area contributed by atoms with Gasteiger partial charge in [0.05, 0.1) is 6.67 Å². The van der Waals surface area contributed by atoms with Crippen LogP contribution in [0, 0.1) is 5.92 Å². The Labute approximate surface area is 127 Å². The van der Waals surface area contributed by atoms with Crippen LogP contribution < -0.4 is 0 Å². The summed E-state index contributed by atoms with van der Waals surface area (Å²) in [5, 5.41) is 0. The number of rotatable bonds is 16. The predicted molar refractivity (Wildman–Crippen MR) is 90.1 cm³/mol. The van der Waals surface area contributed by atoms with E-state index in [1.54, 1.807) is 0 Å². The van der Waals surface area contributed by atoms with E-state index >= 15 is 0 Å². The molecule has 0 saturated carbocycles. The van der Waals surface area contributed by atoms with Crippen LogP contribution in [0.4, 0.5) is 4.39 Å². The second-order valence-electron chi connectivity index (χ2n) is 6.49. The first-order valence-corrected chi connectivity index (χ1v) is 9.41. The van der Waals surface area contributed by atoms with Crippen LogP contribution in [0.1, 0.15) is 110 Å². The summed E-state index contributed by atoms with van der Waals surface area (Å²) in [6, 6.07) is 0. The van der Waals surface area contributed by atoms with Gasteiger partial charge in [0.2, 0.25) is 0 Å². The number of alkyl halides is 1. The van der Waals surface area contributed by atoms with Crippen LogP contribution in [0.25, 0.3) is 0 Å². The van der Waals surface area contributed by atoms with Gasteiger partial charge in [0.15, 0.2) is 0 Å². The van der Waals surface area contributed by atoms with E-state index in [1.807, 2.05) is 0 Å². The fourth-order valence-electron chi connectivity index (χ4n) is 2.90. The zero-order valence-electron chi connectivity index (χ0n) is 14.3. The van der Waals surface area contributed by atoms with Crippen LogP contribution in [0.15, 0.2) is 0 Å². The second kappa shape index (κ2) is 17.0. The normalized spacial score (nSPS) is 12.8. The Morgan fingerprint density at radius 3 is 1.25 bits per heavy atom. The van der Waals surface area contributed by atoms with Gasteiger partial charge in [-0.3, -0.25) is 4.39 Å². The fourth-order valence-corrected chi connectivity index (χ4v) is 2.90. The van der Waals surface area contributed by atoms with Gasteiger partial charge in [0.1, 0.15) is 0 Å². The molecule has 0 nitrogen and oxygen atoms in total. The lowest BCUT2D eigenvalue weighted by Crippen LogP contribution is -2.03. The molecule has 0 amide bonds. The molecule has 0 aromatic rings. The fraction of sp³-hybridized carbons (Fsp3) is 1.00. The Kier molecular flexibility index (Phi) is 16.9. The molecule has 0 rings (SSSR count). The van der Waals surface area contributed by atoms with Gasteiger partial charge >= 0.3 is 0 Å². The predicted octanol–water partition coefficient (Wildman–Crippen LogP) is 7.46. The zero-order valence-corrected chi connectivity index (χ0v) is 14.3. The third-order valence-corrected chi connectivity index (χ3v) is 4.40.